The zero-order chi connectivity index (χ0) is 9.11. The van der Waals surface area contributed by atoms with Gasteiger partial charge in [0.25, 0.3) is 0 Å². The number of allylic oxidation sites excluding steroid dienone is 1. The quantitative estimate of drug-likeness (QED) is 0.612. The van der Waals surface area contributed by atoms with Crippen LogP contribution < -0.4 is 5.73 Å². The minimum absolute atomic E-state index is 0.367. The van der Waals surface area contributed by atoms with E-state index in [1.807, 2.05) is 13.8 Å². The fourth-order valence-corrected chi connectivity index (χ4v) is 0.272. The third-order valence-corrected chi connectivity index (χ3v) is 0.581. The van der Waals surface area contributed by atoms with Crippen LogP contribution in [0.3, 0.4) is 0 Å². The van der Waals surface area contributed by atoms with Crippen molar-refractivity contribution in [1.82, 2.24) is 0 Å². The predicted octanol–water partition coefficient (Wildman–Crippen LogP) is 2.35. The standard InChI is InChI=1S/C6H12N2.C3H8/c1-6(2)8-5-3-4-7;1-3-2/h3-6H,7H2,1-2H3;3H2,1-2H3/b4-3-,8-5?;. The molecule has 0 saturated heterocycles. The Morgan fingerprint density at radius 1 is 1.36 bits per heavy atom. The minimum atomic E-state index is 0.367. The van der Waals surface area contributed by atoms with Gasteiger partial charge in [-0.05, 0) is 26.1 Å². The Bertz CT molecular complexity index is 104. The molecule has 2 heteroatoms. The molecule has 0 amide bonds. The van der Waals surface area contributed by atoms with Gasteiger partial charge in [0.1, 0.15) is 0 Å². The van der Waals surface area contributed by atoms with Crippen molar-refractivity contribution in [2.24, 2.45) is 10.7 Å². The molecule has 0 bridgehead atoms. The molecule has 0 rings (SSSR count). The molecule has 11 heavy (non-hydrogen) atoms. The highest BCUT2D eigenvalue weighted by atomic mass is 14.7. The summed E-state index contributed by atoms with van der Waals surface area (Å²) in [6.45, 7) is 8.28. The lowest BCUT2D eigenvalue weighted by Crippen LogP contribution is -1.87. The van der Waals surface area contributed by atoms with Gasteiger partial charge in [0.05, 0.1) is 0 Å². The normalized spacial score (nSPS) is 10.6. The molecule has 0 aliphatic carbocycles. The van der Waals surface area contributed by atoms with E-state index in [0.717, 1.165) is 0 Å². The van der Waals surface area contributed by atoms with Crippen LogP contribution in [0.25, 0.3) is 0 Å². The van der Waals surface area contributed by atoms with Gasteiger partial charge in [-0.3, -0.25) is 4.99 Å². The first-order valence-electron chi connectivity index (χ1n) is 4.09. The van der Waals surface area contributed by atoms with Crippen LogP contribution in [-0.4, -0.2) is 12.3 Å². The zero-order valence-electron chi connectivity index (χ0n) is 8.04. The lowest BCUT2D eigenvalue weighted by atomic mass is 10.4. The second-order valence-corrected chi connectivity index (χ2v) is 2.48. The first kappa shape index (κ1) is 12.8. The fourth-order valence-electron chi connectivity index (χ4n) is 0.272. The van der Waals surface area contributed by atoms with Crippen molar-refractivity contribution in [3.8, 4) is 0 Å². The molecule has 2 N–H and O–H groups in total. The first-order valence-corrected chi connectivity index (χ1v) is 4.09. The summed E-state index contributed by atoms with van der Waals surface area (Å²) in [6, 6.07) is 0.367. The van der Waals surface area contributed by atoms with Crippen molar-refractivity contribution in [3.05, 3.63) is 12.3 Å². The van der Waals surface area contributed by atoms with Crippen LogP contribution in [0.2, 0.25) is 0 Å². The highest BCUT2D eigenvalue weighted by Gasteiger charge is 1.78. The monoisotopic (exact) mass is 156 g/mol. The topological polar surface area (TPSA) is 38.4 Å². The molecule has 0 radical (unpaired) electrons. The lowest BCUT2D eigenvalue weighted by molar-refractivity contribution is 0.842. The van der Waals surface area contributed by atoms with Gasteiger partial charge >= 0.3 is 0 Å². The van der Waals surface area contributed by atoms with E-state index in [0.29, 0.717) is 6.04 Å². The van der Waals surface area contributed by atoms with E-state index >= 15 is 0 Å². The van der Waals surface area contributed by atoms with Crippen molar-refractivity contribution in [2.75, 3.05) is 0 Å². The zero-order valence-corrected chi connectivity index (χ0v) is 8.04. The second kappa shape index (κ2) is 11.9. The Morgan fingerprint density at radius 2 is 1.82 bits per heavy atom. The van der Waals surface area contributed by atoms with Crippen molar-refractivity contribution in [1.29, 1.82) is 0 Å². The lowest BCUT2D eigenvalue weighted by Gasteiger charge is -1.88. The Labute approximate surface area is 70.2 Å². The number of hydrogen-bond donors (Lipinski definition) is 1. The third kappa shape index (κ3) is 27.0. The largest absolute Gasteiger partial charge is 0.405 e. The summed E-state index contributed by atoms with van der Waals surface area (Å²) in [7, 11) is 0. The summed E-state index contributed by atoms with van der Waals surface area (Å²) < 4.78 is 0. The van der Waals surface area contributed by atoms with Gasteiger partial charge in [-0.25, -0.2) is 0 Å². The molecule has 0 fully saturated rings. The van der Waals surface area contributed by atoms with E-state index in [4.69, 9.17) is 5.73 Å². The molecular weight excluding hydrogens is 136 g/mol. The molecular formula is C9H20N2. The van der Waals surface area contributed by atoms with Crippen LogP contribution >= 0.6 is 0 Å². The van der Waals surface area contributed by atoms with E-state index < -0.39 is 0 Å². The van der Waals surface area contributed by atoms with E-state index in [1.54, 1.807) is 12.3 Å². The van der Waals surface area contributed by atoms with Crippen LogP contribution in [-0.2, 0) is 0 Å². The molecule has 0 unspecified atom stereocenters. The van der Waals surface area contributed by atoms with Crippen molar-refractivity contribution >= 4 is 6.21 Å². The Kier molecular flexibility index (Phi) is 13.9. The van der Waals surface area contributed by atoms with E-state index in [-0.39, 0.29) is 0 Å². The Morgan fingerprint density at radius 3 is 2.09 bits per heavy atom. The molecule has 0 saturated carbocycles. The fraction of sp³-hybridized carbons (Fsp3) is 0.667. The molecule has 0 aliphatic heterocycles. The molecule has 0 aromatic heterocycles. The van der Waals surface area contributed by atoms with Gasteiger partial charge in [0, 0.05) is 12.3 Å². The first-order chi connectivity index (χ1) is 5.18. The van der Waals surface area contributed by atoms with E-state index in [9.17, 15) is 0 Å². The third-order valence-electron chi connectivity index (χ3n) is 0.581. The van der Waals surface area contributed by atoms with Gasteiger partial charge in [-0.2, -0.15) is 0 Å². The second-order valence-electron chi connectivity index (χ2n) is 2.48. The average Bonchev–Trinajstić information content (AvgIpc) is 1.89. The molecule has 0 spiro atoms. The Hall–Kier alpha value is -0.790. The van der Waals surface area contributed by atoms with Gasteiger partial charge in [0.15, 0.2) is 0 Å². The van der Waals surface area contributed by atoms with Crippen molar-refractivity contribution in [3.63, 3.8) is 0 Å². The van der Waals surface area contributed by atoms with Crippen LogP contribution in [0.1, 0.15) is 34.1 Å². The van der Waals surface area contributed by atoms with Crippen LogP contribution in [0, 0.1) is 0 Å². The number of rotatable bonds is 2. The SMILES string of the molecule is CC(C)N=C/C=C\N.CCC. The molecule has 0 atom stereocenters. The molecule has 2 nitrogen and oxygen atoms in total. The van der Waals surface area contributed by atoms with Gasteiger partial charge in [-0.15, -0.1) is 0 Å². The van der Waals surface area contributed by atoms with Crippen LogP contribution in [0.4, 0.5) is 0 Å². The van der Waals surface area contributed by atoms with Crippen molar-refractivity contribution < 1.29 is 0 Å². The van der Waals surface area contributed by atoms with Crippen molar-refractivity contribution in [2.45, 2.75) is 40.2 Å². The minimum Gasteiger partial charge on any atom is -0.405 e. The maximum atomic E-state index is 5.04. The summed E-state index contributed by atoms with van der Waals surface area (Å²) >= 11 is 0. The van der Waals surface area contributed by atoms with Gasteiger partial charge in [-0.1, -0.05) is 20.3 Å². The summed E-state index contributed by atoms with van der Waals surface area (Å²) in [6.07, 6.45) is 6.12. The average molecular weight is 156 g/mol. The number of nitrogens with zero attached hydrogens (tertiary/aromatic N) is 1. The molecule has 0 heterocycles. The summed E-state index contributed by atoms with van der Waals surface area (Å²) in [4.78, 5) is 4.02. The summed E-state index contributed by atoms with van der Waals surface area (Å²) in [5, 5.41) is 0. The predicted molar refractivity (Wildman–Crippen MR) is 52.9 cm³/mol. The summed E-state index contributed by atoms with van der Waals surface area (Å²) in [5.74, 6) is 0. The number of aliphatic imine (C=N–C) groups is 1. The molecule has 0 aliphatic rings. The van der Waals surface area contributed by atoms with Gasteiger partial charge in [0.2, 0.25) is 0 Å². The number of hydrogen-bond acceptors (Lipinski definition) is 2. The summed E-state index contributed by atoms with van der Waals surface area (Å²) in [5.41, 5.74) is 5.04. The van der Waals surface area contributed by atoms with Crippen LogP contribution in [0.5, 0.6) is 0 Å². The highest BCUT2D eigenvalue weighted by Crippen LogP contribution is 1.81. The van der Waals surface area contributed by atoms with Gasteiger partial charge < -0.3 is 5.73 Å². The molecule has 0 aromatic rings. The maximum absolute atomic E-state index is 5.04. The van der Waals surface area contributed by atoms with E-state index in [1.165, 1.54) is 12.6 Å². The van der Waals surface area contributed by atoms with E-state index in [2.05, 4.69) is 18.8 Å². The Balaban J connectivity index is 0. The maximum Gasteiger partial charge on any atom is 0.0443 e. The number of nitrogens with two attached hydrogens (primary N) is 1. The highest BCUT2D eigenvalue weighted by molar-refractivity contribution is 5.70. The smallest absolute Gasteiger partial charge is 0.0443 e. The molecule has 0 aromatic carbocycles. The molecule has 66 valence electrons. The van der Waals surface area contributed by atoms with Crippen LogP contribution in [0.15, 0.2) is 17.3 Å².